The second-order valence-corrected chi connectivity index (χ2v) is 8.57. The van der Waals surface area contributed by atoms with Crippen LogP contribution in [0.3, 0.4) is 0 Å². The van der Waals surface area contributed by atoms with Gasteiger partial charge >= 0.3 is 0 Å². The molecule has 0 radical (unpaired) electrons. The van der Waals surface area contributed by atoms with Crippen LogP contribution in [0.5, 0.6) is 11.5 Å². The van der Waals surface area contributed by atoms with Crippen molar-refractivity contribution in [3.63, 3.8) is 0 Å². The molecule has 1 N–H and O–H groups in total. The Kier molecular flexibility index (Phi) is 8.96. The molecule has 0 unspecified atom stereocenters. The monoisotopic (exact) mass is 522 g/mol. The van der Waals surface area contributed by atoms with E-state index in [0.717, 1.165) is 11.1 Å². The maximum Gasteiger partial charge on any atom is 0.242 e. The first-order valence-electron chi connectivity index (χ1n) is 11.4. The van der Waals surface area contributed by atoms with Gasteiger partial charge in [0.05, 0.1) is 13.2 Å². The van der Waals surface area contributed by atoms with Gasteiger partial charge in [0.25, 0.3) is 0 Å². The number of rotatable bonds is 12. The van der Waals surface area contributed by atoms with Crippen molar-refractivity contribution in [1.82, 2.24) is 20.1 Å². The molecule has 1 amide bonds. The maximum atomic E-state index is 13.1. The number of carbonyl (C=O) groups excluding carboxylic acids is 2. The first-order valence-corrected chi connectivity index (χ1v) is 11.8. The molecule has 0 saturated carbocycles. The molecule has 8 nitrogen and oxygen atoms in total. The molecule has 0 spiro atoms. The normalized spacial score (nSPS) is 11.6. The minimum Gasteiger partial charge on any atom is -0.457 e. The van der Waals surface area contributed by atoms with E-state index in [1.54, 1.807) is 30.3 Å². The second-order valence-electron chi connectivity index (χ2n) is 8.16. The highest BCUT2D eigenvalue weighted by Crippen LogP contribution is 2.22. The van der Waals surface area contributed by atoms with E-state index < -0.39 is 11.9 Å². The van der Waals surface area contributed by atoms with Crippen LogP contribution in [0, 0.1) is 5.82 Å². The minimum atomic E-state index is -0.881. The van der Waals surface area contributed by atoms with E-state index >= 15 is 0 Å². The zero-order valence-corrected chi connectivity index (χ0v) is 20.5. The van der Waals surface area contributed by atoms with Gasteiger partial charge in [-0.25, -0.2) is 14.1 Å². The zero-order valence-electron chi connectivity index (χ0n) is 19.7. The second kappa shape index (κ2) is 12.8. The van der Waals surface area contributed by atoms with Crippen molar-refractivity contribution in [2.75, 3.05) is 6.61 Å². The fraction of sp³-hybridized carbons (Fsp3) is 0.185. The predicted octanol–water partition coefficient (Wildman–Crippen LogP) is 4.38. The molecule has 0 fully saturated rings. The highest BCUT2D eigenvalue weighted by atomic mass is 35.5. The molecule has 0 aliphatic rings. The van der Waals surface area contributed by atoms with Gasteiger partial charge in [0.1, 0.15) is 42.6 Å². The molecule has 1 heterocycles. The number of Topliss-reactive ketones (excluding diaryl/α,β-unsaturated/α-hetero) is 1. The summed E-state index contributed by atoms with van der Waals surface area (Å²) in [7, 11) is 0. The van der Waals surface area contributed by atoms with Crippen LogP contribution >= 0.6 is 11.6 Å². The van der Waals surface area contributed by atoms with Crippen LogP contribution in [0.2, 0.25) is 5.02 Å². The van der Waals surface area contributed by atoms with Crippen LogP contribution in [0.15, 0.2) is 85.5 Å². The average Bonchev–Trinajstić information content (AvgIpc) is 3.40. The van der Waals surface area contributed by atoms with E-state index in [1.807, 2.05) is 18.2 Å². The molecule has 1 atom stereocenters. The smallest absolute Gasteiger partial charge is 0.242 e. The molecule has 3 aromatic carbocycles. The van der Waals surface area contributed by atoms with Crippen molar-refractivity contribution >= 4 is 23.3 Å². The number of benzene rings is 3. The van der Waals surface area contributed by atoms with Crippen LogP contribution in [-0.2, 0) is 33.9 Å². The number of halogens is 2. The van der Waals surface area contributed by atoms with E-state index in [9.17, 15) is 14.0 Å². The maximum absolute atomic E-state index is 13.1. The third-order valence-corrected chi connectivity index (χ3v) is 5.72. The molecule has 4 aromatic rings. The SMILES string of the molecule is O=C(Cn1cncn1)N[C@@H](COCc1ccccc1Cl)C(=O)Cc1ccc(Oc2ccc(F)cc2)cc1. The van der Waals surface area contributed by atoms with Crippen molar-refractivity contribution < 1.29 is 23.5 Å². The summed E-state index contributed by atoms with van der Waals surface area (Å²) in [5.41, 5.74) is 1.51. The Hall–Kier alpha value is -4.08. The fourth-order valence-corrected chi connectivity index (χ4v) is 3.65. The molecular weight excluding hydrogens is 499 g/mol. The van der Waals surface area contributed by atoms with Crippen LogP contribution in [0.4, 0.5) is 4.39 Å². The van der Waals surface area contributed by atoms with Crippen LogP contribution in [-0.4, -0.2) is 39.1 Å². The molecule has 37 heavy (non-hydrogen) atoms. The highest BCUT2D eigenvalue weighted by molar-refractivity contribution is 6.31. The predicted molar refractivity (Wildman–Crippen MR) is 135 cm³/mol. The molecule has 0 bridgehead atoms. The molecule has 0 saturated heterocycles. The first-order chi connectivity index (χ1) is 18.0. The summed E-state index contributed by atoms with van der Waals surface area (Å²) in [6.07, 6.45) is 2.81. The minimum absolute atomic E-state index is 0.0289. The summed E-state index contributed by atoms with van der Waals surface area (Å²) in [4.78, 5) is 29.5. The number of hydrogen-bond acceptors (Lipinski definition) is 6. The summed E-state index contributed by atoms with van der Waals surface area (Å²) in [6, 6.07) is 19.0. The highest BCUT2D eigenvalue weighted by Gasteiger charge is 2.22. The Bertz CT molecular complexity index is 1320. The zero-order chi connectivity index (χ0) is 26.0. The van der Waals surface area contributed by atoms with Crippen molar-refractivity contribution in [3.05, 3.63) is 107 Å². The summed E-state index contributed by atoms with van der Waals surface area (Å²) in [5, 5.41) is 7.21. The lowest BCUT2D eigenvalue weighted by Gasteiger charge is -2.18. The number of carbonyl (C=O) groups is 2. The van der Waals surface area contributed by atoms with Crippen LogP contribution in [0.1, 0.15) is 11.1 Å². The number of amides is 1. The summed E-state index contributed by atoms with van der Waals surface area (Å²) >= 11 is 6.18. The Balaban J connectivity index is 1.38. The number of nitrogens with one attached hydrogen (secondary N) is 1. The third-order valence-electron chi connectivity index (χ3n) is 5.35. The quantitative estimate of drug-likeness (QED) is 0.297. The van der Waals surface area contributed by atoms with Gasteiger partial charge in [-0.2, -0.15) is 5.10 Å². The summed E-state index contributed by atoms with van der Waals surface area (Å²) in [5.74, 6) is 0.0751. The molecule has 4 rings (SSSR count). The van der Waals surface area contributed by atoms with E-state index in [-0.39, 0.29) is 37.8 Å². The van der Waals surface area contributed by atoms with Crippen molar-refractivity contribution in [3.8, 4) is 11.5 Å². The average molecular weight is 523 g/mol. The van der Waals surface area contributed by atoms with E-state index in [2.05, 4.69) is 15.4 Å². The standard InChI is InChI=1S/C27H24ClFN4O4/c28-24-4-2-1-3-20(24)15-36-16-25(32-27(35)14-33-18-30-17-31-33)26(34)13-19-5-9-22(10-6-19)37-23-11-7-21(29)8-12-23/h1-12,17-18,25H,13-16H2,(H,32,35)/t25-/m0/s1. The first kappa shape index (κ1) is 26.0. The molecule has 190 valence electrons. The van der Waals surface area contributed by atoms with Gasteiger partial charge in [0, 0.05) is 11.4 Å². The van der Waals surface area contributed by atoms with Gasteiger partial charge in [-0.1, -0.05) is 41.9 Å². The van der Waals surface area contributed by atoms with Gasteiger partial charge in [-0.3, -0.25) is 9.59 Å². The van der Waals surface area contributed by atoms with Gasteiger partial charge in [-0.15, -0.1) is 0 Å². The summed E-state index contributed by atoms with van der Waals surface area (Å²) < 4.78 is 25.9. The number of aromatic nitrogens is 3. The third kappa shape index (κ3) is 7.96. The lowest BCUT2D eigenvalue weighted by Crippen LogP contribution is -2.46. The van der Waals surface area contributed by atoms with Crippen molar-refractivity contribution in [1.29, 1.82) is 0 Å². The van der Waals surface area contributed by atoms with E-state index in [4.69, 9.17) is 21.1 Å². The van der Waals surface area contributed by atoms with E-state index in [0.29, 0.717) is 16.5 Å². The Morgan fingerprint density at radius 2 is 1.70 bits per heavy atom. The van der Waals surface area contributed by atoms with Crippen LogP contribution in [0.25, 0.3) is 0 Å². The fourth-order valence-electron chi connectivity index (χ4n) is 3.46. The summed E-state index contributed by atoms with van der Waals surface area (Å²) in [6.45, 7) is 0.0838. The van der Waals surface area contributed by atoms with E-state index in [1.165, 1.54) is 41.6 Å². The Morgan fingerprint density at radius 3 is 2.38 bits per heavy atom. The molecule has 10 heteroatoms. The lowest BCUT2D eigenvalue weighted by molar-refractivity contribution is -0.129. The van der Waals surface area contributed by atoms with Gasteiger partial charge in [-0.05, 0) is 53.6 Å². The number of ether oxygens (including phenoxy) is 2. The number of nitrogens with zero attached hydrogens (tertiary/aromatic N) is 3. The number of ketones is 1. The van der Waals surface area contributed by atoms with Crippen molar-refractivity contribution in [2.24, 2.45) is 0 Å². The molecule has 1 aromatic heterocycles. The molecule has 0 aliphatic heterocycles. The van der Waals surface area contributed by atoms with Gasteiger partial charge in [0.15, 0.2) is 5.78 Å². The Morgan fingerprint density at radius 1 is 1.00 bits per heavy atom. The molecule has 0 aliphatic carbocycles. The lowest BCUT2D eigenvalue weighted by atomic mass is 10.0. The molecular formula is C27H24ClFN4O4. The largest absolute Gasteiger partial charge is 0.457 e. The topological polar surface area (TPSA) is 95.3 Å². The Labute approximate surface area is 218 Å². The van der Waals surface area contributed by atoms with Crippen molar-refractivity contribution in [2.45, 2.75) is 25.6 Å². The van der Waals surface area contributed by atoms with Crippen LogP contribution < -0.4 is 10.1 Å². The number of hydrogen-bond donors (Lipinski definition) is 1. The van der Waals surface area contributed by atoms with Gasteiger partial charge in [0.2, 0.25) is 5.91 Å². The van der Waals surface area contributed by atoms with Gasteiger partial charge < -0.3 is 14.8 Å².